The molecule has 0 aliphatic carbocycles. The number of fused-ring (bicyclic) bond motifs is 1. The zero-order valence-corrected chi connectivity index (χ0v) is 8.94. The smallest absolute Gasteiger partial charge is 0.122 e. The van der Waals surface area contributed by atoms with Crippen LogP contribution < -0.4 is 4.74 Å². The molecule has 80 valence electrons. The summed E-state index contributed by atoms with van der Waals surface area (Å²) in [6.07, 6.45) is 0.389. The van der Waals surface area contributed by atoms with Gasteiger partial charge < -0.3 is 9.84 Å². The summed E-state index contributed by atoms with van der Waals surface area (Å²) in [6.45, 7) is 6.35. The van der Waals surface area contributed by atoms with Gasteiger partial charge in [-0.15, -0.1) is 0 Å². The van der Waals surface area contributed by atoms with Crippen molar-refractivity contribution in [2.75, 3.05) is 6.61 Å². The standard InChI is InChI=1S/C13H16O2/c1-9(2)13(14)11-7-8-15-12-6-4-3-5-10(11)12/h3-6,11,13-14H,1,7-8H2,2H3. The van der Waals surface area contributed by atoms with E-state index < -0.39 is 6.10 Å². The van der Waals surface area contributed by atoms with Crippen molar-refractivity contribution in [1.29, 1.82) is 0 Å². The SMILES string of the molecule is C=C(C)C(O)C1CCOc2ccccc21. The lowest BCUT2D eigenvalue weighted by Gasteiger charge is -2.29. The second kappa shape index (κ2) is 4.07. The molecule has 0 bridgehead atoms. The third-order valence-electron chi connectivity index (χ3n) is 2.89. The number of aliphatic hydroxyl groups is 1. The van der Waals surface area contributed by atoms with Crippen LogP contribution in [0, 0.1) is 0 Å². The molecule has 1 aliphatic rings. The lowest BCUT2D eigenvalue weighted by Crippen LogP contribution is -2.25. The van der Waals surface area contributed by atoms with Crippen LogP contribution in [0.5, 0.6) is 5.75 Å². The summed E-state index contributed by atoms with van der Waals surface area (Å²) in [5, 5.41) is 10.0. The predicted octanol–water partition coefficient (Wildman–Crippen LogP) is 2.49. The van der Waals surface area contributed by atoms with Crippen LogP contribution in [0.25, 0.3) is 0 Å². The number of para-hydroxylation sites is 1. The fourth-order valence-corrected chi connectivity index (χ4v) is 2.04. The van der Waals surface area contributed by atoms with Crippen LogP contribution in [0.2, 0.25) is 0 Å². The van der Waals surface area contributed by atoms with Crippen molar-refractivity contribution in [2.24, 2.45) is 0 Å². The Kier molecular flexibility index (Phi) is 2.78. The summed E-state index contributed by atoms with van der Waals surface area (Å²) in [4.78, 5) is 0. The summed E-state index contributed by atoms with van der Waals surface area (Å²) in [5.74, 6) is 1.03. The van der Waals surface area contributed by atoms with E-state index in [1.165, 1.54) is 0 Å². The van der Waals surface area contributed by atoms with Gasteiger partial charge >= 0.3 is 0 Å². The molecule has 0 radical (unpaired) electrons. The minimum absolute atomic E-state index is 0.132. The van der Waals surface area contributed by atoms with Gasteiger partial charge in [0.15, 0.2) is 0 Å². The quantitative estimate of drug-likeness (QED) is 0.750. The normalized spacial score (nSPS) is 21.3. The van der Waals surface area contributed by atoms with Crippen LogP contribution in [0.1, 0.15) is 24.8 Å². The van der Waals surface area contributed by atoms with E-state index >= 15 is 0 Å². The van der Waals surface area contributed by atoms with Crippen LogP contribution in [0.15, 0.2) is 36.4 Å². The third kappa shape index (κ3) is 1.90. The molecule has 2 atom stereocenters. The molecule has 2 nitrogen and oxygen atoms in total. The fraction of sp³-hybridized carbons (Fsp3) is 0.385. The molecule has 0 spiro atoms. The van der Waals surface area contributed by atoms with Crippen molar-refractivity contribution in [3.05, 3.63) is 42.0 Å². The molecule has 15 heavy (non-hydrogen) atoms. The van der Waals surface area contributed by atoms with Crippen LogP contribution in [-0.4, -0.2) is 17.8 Å². The molecule has 1 aromatic rings. The van der Waals surface area contributed by atoms with Crippen LogP contribution in [0.4, 0.5) is 0 Å². The second-order valence-electron chi connectivity index (χ2n) is 4.07. The Hall–Kier alpha value is -1.28. The number of hydrogen-bond acceptors (Lipinski definition) is 2. The maximum Gasteiger partial charge on any atom is 0.122 e. The maximum atomic E-state index is 10.0. The van der Waals surface area contributed by atoms with Crippen molar-refractivity contribution in [3.8, 4) is 5.75 Å². The Bertz CT molecular complexity index is 371. The Labute approximate surface area is 90.2 Å². The van der Waals surface area contributed by atoms with E-state index in [4.69, 9.17) is 4.74 Å². The van der Waals surface area contributed by atoms with Gasteiger partial charge in [0.05, 0.1) is 12.7 Å². The van der Waals surface area contributed by atoms with E-state index in [9.17, 15) is 5.11 Å². The summed E-state index contributed by atoms with van der Waals surface area (Å²) in [6, 6.07) is 7.90. The van der Waals surface area contributed by atoms with Gasteiger partial charge in [0.25, 0.3) is 0 Å². The van der Waals surface area contributed by atoms with Gasteiger partial charge in [-0.1, -0.05) is 30.4 Å². The number of hydrogen-bond donors (Lipinski definition) is 1. The van der Waals surface area contributed by atoms with Gasteiger partial charge in [0.2, 0.25) is 0 Å². The first kappa shape index (κ1) is 10.2. The molecule has 0 fully saturated rings. The predicted molar refractivity (Wildman–Crippen MR) is 60.1 cm³/mol. The van der Waals surface area contributed by atoms with Gasteiger partial charge in [-0.3, -0.25) is 0 Å². The van der Waals surface area contributed by atoms with Gasteiger partial charge in [-0.2, -0.15) is 0 Å². The highest BCUT2D eigenvalue weighted by Crippen LogP contribution is 2.36. The van der Waals surface area contributed by atoms with Crippen molar-refractivity contribution in [2.45, 2.75) is 25.4 Å². The molecule has 1 N–H and O–H groups in total. The summed E-state index contributed by atoms with van der Waals surface area (Å²) in [5.41, 5.74) is 1.91. The highest BCUT2D eigenvalue weighted by Gasteiger charge is 2.27. The topological polar surface area (TPSA) is 29.5 Å². The van der Waals surface area contributed by atoms with Gasteiger partial charge in [-0.25, -0.2) is 0 Å². The Morgan fingerprint density at radius 3 is 3.00 bits per heavy atom. The number of aliphatic hydroxyl groups excluding tert-OH is 1. The van der Waals surface area contributed by atoms with E-state index in [1.54, 1.807) is 0 Å². The molecular formula is C13H16O2. The van der Waals surface area contributed by atoms with E-state index in [0.29, 0.717) is 6.61 Å². The zero-order chi connectivity index (χ0) is 10.8. The van der Waals surface area contributed by atoms with Crippen LogP contribution in [0.3, 0.4) is 0 Å². The zero-order valence-electron chi connectivity index (χ0n) is 8.94. The molecule has 0 saturated heterocycles. The van der Waals surface area contributed by atoms with Crippen molar-refractivity contribution in [1.82, 2.24) is 0 Å². The largest absolute Gasteiger partial charge is 0.493 e. The van der Waals surface area contributed by atoms with Crippen LogP contribution in [-0.2, 0) is 0 Å². The van der Waals surface area contributed by atoms with Crippen LogP contribution >= 0.6 is 0 Å². The molecule has 2 heteroatoms. The van der Waals surface area contributed by atoms with E-state index in [1.807, 2.05) is 31.2 Å². The summed E-state index contributed by atoms with van der Waals surface area (Å²) < 4.78 is 5.54. The number of benzene rings is 1. The molecule has 0 saturated carbocycles. The number of rotatable bonds is 2. The molecule has 0 amide bonds. The molecule has 2 unspecified atom stereocenters. The van der Waals surface area contributed by atoms with Crippen molar-refractivity contribution >= 4 is 0 Å². The van der Waals surface area contributed by atoms with Gasteiger partial charge in [0, 0.05) is 11.5 Å². The summed E-state index contributed by atoms with van der Waals surface area (Å²) in [7, 11) is 0. The highest BCUT2D eigenvalue weighted by molar-refractivity contribution is 5.39. The Morgan fingerprint density at radius 2 is 2.27 bits per heavy atom. The average molecular weight is 204 g/mol. The minimum atomic E-state index is -0.463. The first-order chi connectivity index (χ1) is 7.20. The lowest BCUT2D eigenvalue weighted by atomic mass is 9.86. The molecule has 1 aliphatic heterocycles. The van der Waals surface area contributed by atoms with Gasteiger partial charge in [0.1, 0.15) is 5.75 Å². The van der Waals surface area contributed by atoms with Crippen molar-refractivity contribution < 1.29 is 9.84 Å². The monoisotopic (exact) mass is 204 g/mol. The van der Waals surface area contributed by atoms with E-state index in [2.05, 4.69) is 6.58 Å². The first-order valence-corrected chi connectivity index (χ1v) is 5.25. The van der Waals surface area contributed by atoms with E-state index in [0.717, 1.165) is 23.3 Å². The minimum Gasteiger partial charge on any atom is -0.493 e. The maximum absolute atomic E-state index is 10.0. The fourth-order valence-electron chi connectivity index (χ4n) is 2.04. The lowest BCUT2D eigenvalue weighted by molar-refractivity contribution is 0.145. The second-order valence-corrected chi connectivity index (χ2v) is 4.07. The molecule has 1 heterocycles. The third-order valence-corrected chi connectivity index (χ3v) is 2.89. The summed E-state index contributed by atoms with van der Waals surface area (Å²) >= 11 is 0. The van der Waals surface area contributed by atoms with Gasteiger partial charge in [-0.05, 0) is 19.4 Å². The Morgan fingerprint density at radius 1 is 1.53 bits per heavy atom. The van der Waals surface area contributed by atoms with Crippen molar-refractivity contribution in [3.63, 3.8) is 0 Å². The molecule has 2 rings (SSSR count). The molecular weight excluding hydrogens is 188 g/mol. The Balaban J connectivity index is 2.33. The molecule has 1 aromatic carbocycles. The van der Waals surface area contributed by atoms with E-state index in [-0.39, 0.29) is 5.92 Å². The highest BCUT2D eigenvalue weighted by atomic mass is 16.5. The average Bonchev–Trinajstić information content (AvgIpc) is 2.27. The first-order valence-electron chi connectivity index (χ1n) is 5.25. The molecule has 0 aromatic heterocycles. The number of ether oxygens (including phenoxy) is 1.